The molecule has 0 spiro atoms. The first-order valence-electron chi connectivity index (χ1n) is 8.49. The fourth-order valence-corrected chi connectivity index (χ4v) is 4.57. The molecule has 0 atom stereocenters. The van der Waals surface area contributed by atoms with Crippen LogP contribution in [0.15, 0.2) is 47.4 Å². The highest BCUT2D eigenvalue weighted by Crippen LogP contribution is 2.21. The molecule has 2 aromatic carbocycles. The van der Waals surface area contributed by atoms with E-state index < -0.39 is 21.7 Å². The predicted molar refractivity (Wildman–Crippen MR) is 102 cm³/mol. The van der Waals surface area contributed by atoms with Crippen LogP contribution >= 0.6 is 11.6 Å². The maximum Gasteiger partial charge on any atom is 0.246 e. The minimum Gasteiger partial charge on any atom is -0.325 e. The van der Waals surface area contributed by atoms with Crippen molar-refractivity contribution < 1.29 is 22.0 Å². The Morgan fingerprint density at radius 2 is 1.71 bits per heavy atom. The molecule has 1 aliphatic heterocycles. The third-order valence-corrected chi connectivity index (χ3v) is 6.58. The number of hydrogen-bond acceptors (Lipinski definition) is 4. The van der Waals surface area contributed by atoms with Crippen LogP contribution in [-0.4, -0.2) is 56.3 Å². The maximum absolute atomic E-state index is 13.8. The lowest BCUT2D eigenvalue weighted by molar-refractivity contribution is -0.117. The second kappa shape index (κ2) is 8.52. The van der Waals surface area contributed by atoms with E-state index >= 15 is 0 Å². The summed E-state index contributed by atoms with van der Waals surface area (Å²) in [5, 5.41) is 2.53. The number of nitrogens with zero attached hydrogens (tertiary/aromatic N) is 2. The Morgan fingerprint density at radius 1 is 1.04 bits per heavy atom. The van der Waals surface area contributed by atoms with Crippen molar-refractivity contribution in [2.24, 2.45) is 0 Å². The Kier molecular flexibility index (Phi) is 6.29. The first-order chi connectivity index (χ1) is 13.3. The van der Waals surface area contributed by atoms with Crippen molar-refractivity contribution in [3.05, 3.63) is 59.1 Å². The SMILES string of the molecule is O=C(CN1CCN(S(=O)(=O)c2ccccc2F)CC1)Nc1ccc(F)c(Cl)c1. The molecule has 2 aromatic rings. The Hall–Kier alpha value is -2.07. The van der Waals surface area contributed by atoms with Gasteiger partial charge >= 0.3 is 0 Å². The van der Waals surface area contributed by atoms with Crippen molar-refractivity contribution in [3.63, 3.8) is 0 Å². The zero-order valence-electron chi connectivity index (χ0n) is 14.7. The van der Waals surface area contributed by atoms with Gasteiger partial charge in [0.05, 0.1) is 11.6 Å². The number of piperazine rings is 1. The van der Waals surface area contributed by atoms with Crippen LogP contribution in [-0.2, 0) is 14.8 Å². The highest BCUT2D eigenvalue weighted by atomic mass is 35.5. The molecule has 1 heterocycles. The summed E-state index contributed by atoms with van der Waals surface area (Å²) in [6.45, 7) is 0.984. The molecular weight excluding hydrogens is 412 g/mol. The lowest BCUT2D eigenvalue weighted by Crippen LogP contribution is -2.50. The van der Waals surface area contributed by atoms with Crippen LogP contribution < -0.4 is 5.32 Å². The van der Waals surface area contributed by atoms with Crippen molar-refractivity contribution in [1.82, 2.24) is 9.21 Å². The zero-order chi connectivity index (χ0) is 20.3. The smallest absolute Gasteiger partial charge is 0.246 e. The number of nitrogens with one attached hydrogen (secondary N) is 1. The van der Waals surface area contributed by atoms with Gasteiger partial charge in [-0.1, -0.05) is 23.7 Å². The molecule has 6 nitrogen and oxygen atoms in total. The standard InChI is InChI=1S/C18H18ClF2N3O3S/c19-14-11-13(5-6-15(14)20)22-18(25)12-23-7-9-24(10-8-23)28(26,27)17-4-2-1-3-16(17)21/h1-6,11H,7-10,12H2,(H,22,25). The topological polar surface area (TPSA) is 69.7 Å². The molecule has 0 saturated carbocycles. The second-order valence-electron chi connectivity index (χ2n) is 6.29. The lowest BCUT2D eigenvalue weighted by atomic mass is 10.3. The van der Waals surface area contributed by atoms with Gasteiger partial charge in [0.2, 0.25) is 15.9 Å². The molecule has 1 N–H and O–H groups in total. The maximum atomic E-state index is 13.8. The van der Waals surface area contributed by atoms with E-state index in [4.69, 9.17) is 11.6 Å². The van der Waals surface area contributed by atoms with Gasteiger partial charge in [-0.3, -0.25) is 9.69 Å². The molecule has 0 aromatic heterocycles. The molecule has 1 saturated heterocycles. The number of benzene rings is 2. The quantitative estimate of drug-likeness (QED) is 0.793. The molecule has 0 aliphatic carbocycles. The van der Waals surface area contributed by atoms with Crippen LogP contribution in [0.25, 0.3) is 0 Å². The highest BCUT2D eigenvalue weighted by Gasteiger charge is 2.30. The van der Waals surface area contributed by atoms with Gasteiger partial charge in [-0.15, -0.1) is 0 Å². The van der Waals surface area contributed by atoms with Crippen LogP contribution in [0.4, 0.5) is 14.5 Å². The van der Waals surface area contributed by atoms with Crippen LogP contribution in [0.2, 0.25) is 5.02 Å². The summed E-state index contributed by atoms with van der Waals surface area (Å²) in [5.74, 6) is -1.69. The lowest BCUT2D eigenvalue weighted by Gasteiger charge is -2.33. The van der Waals surface area contributed by atoms with Gasteiger partial charge in [-0.25, -0.2) is 17.2 Å². The van der Waals surface area contributed by atoms with Gasteiger partial charge in [-0.2, -0.15) is 4.31 Å². The highest BCUT2D eigenvalue weighted by molar-refractivity contribution is 7.89. The van der Waals surface area contributed by atoms with Gasteiger partial charge in [0.15, 0.2) is 0 Å². The minimum absolute atomic E-state index is 0.0442. The number of amides is 1. The Balaban J connectivity index is 1.56. The average Bonchev–Trinajstić information content (AvgIpc) is 2.65. The van der Waals surface area contributed by atoms with Gasteiger partial charge in [0.25, 0.3) is 0 Å². The molecule has 1 fully saturated rings. The van der Waals surface area contributed by atoms with E-state index in [9.17, 15) is 22.0 Å². The van der Waals surface area contributed by atoms with E-state index in [1.807, 2.05) is 0 Å². The molecule has 1 amide bonds. The predicted octanol–water partition coefficient (Wildman–Crippen LogP) is 2.56. The summed E-state index contributed by atoms with van der Waals surface area (Å²) < 4.78 is 53.4. The van der Waals surface area contributed by atoms with Crippen molar-refractivity contribution in [3.8, 4) is 0 Å². The number of rotatable bonds is 5. The van der Waals surface area contributed by atoms with Crippen molar-refractivity contribution in [2.75, 3.05) is 38.0 Å². The number of carbonyl (C=O) groups excluding carboxylic acids is 1. The summed E-state index contributed by atoms with van der Waals surface area (Å²) in [5.41, 5.74) is 0.372. The fraction of sp³-hybridized carbons (Fsp3) is 0.278. The summed E-state index contributed by atoms with van der Waals surface area (Å²) >= 11 is 5.68. The van der Waals surface area contributed by atoms with Crippen molar-refractivity contribution in [2.45, 2.75) is 4.90 Å². The number of hydrogen-bond donors (Lipinski definition) is 1. The molecule has 150 valence electrons. The first-order valence-corrected chi connectivity index (χ1v) is 10.3. The van der Waals surface area contributed by atoms with E-state index in [2.05, 4.69) is 5.32 Å². The number of sulfonamides is 1. The third-order valence-electron chi connectivity index (χ3n) is 4.36. The van der Waals surface area contributed by atoms with Crippen LogP contribution in [0.5, 0.6) is 0 Å². The molecule has 3 rings (SSSR count). The van der Waals surface area contributed by atoms with E-state index in [0.717, 1.165) is 12.1 Å². The second-order valence-corrected chi connectivity index (χ2v) is 8.60. The Labute approximate surface area is 166 Å². The molecule has 0 bridgehead atoms. The minimum atomic E-state index is -3.92. The monoisotopic (exact) mass is 429 g/mol. The number of halogens is 3. The zero-order valence-corrected chi connectivity index (χ0v) is 16.3. The van der Waals surface area contributed by atoms with Gasteiger partial charge < -0.3 is 5.32 Å². The van der Waals surface area contributed by atoms with Gasteiger partial charge in [-0.05, 0) is 30.3 Å². The van der Waals surface area contributed by atoms with Crippen molar-refractivity contribution in [1.29, 1.82) is 0 Å². The Morgan fingerprint density at radius 3 is 2.36 bits per heavy atom. The van der Waals surface area contributed by atoms with Gasteiger partial charge in [0, 0.05) is 31.9 Å². The Bertz CT molecular complexity index is 980. The van der Waals surface area contributed by atoms with E-state index in [0.29, 0.717) is 18.8 Å². The number of anilines is 1. The summed E-state index contributed by atoms with van der Waals surface area (Å²) in [6, 6.07) is 9.11. The van der Waals surface area contributed by atoms with Crippen molar-refractivity contribution >= 4 is 33.2 Å². The molecule has 0 radical (unpaired) electrons. The third kappa shape index (κ3) is 4.67. The molecule has 28 heavy (non-hydrogen) atoms. The first kappa shape index (κ1) is 20.7. The van der Waals surface area contributed by atoms with Gasteiger partial charge in [0.1, 0.15) is 16.5 Å². The summed E-state index contributed by atoms with van der Waals surface area (Å²) in [6.07, 6.45) is 0. The molecule has 1 aliphatic rings. The normalized spacial score (nSPS) is 16.1. The van der Waals surface area contributed by atoms with E-state index in [-0.39, 0.29) is 35.5 Å². The van der Waals surface area contributed by atoms with E-state index in [1.165, 1.54) is 34.6 Å². The van der Waals surface area contributed by atoms with Crippen LogP contribution in [0, 0.1) is 11.6 Å². The summed E-state index contributed by atoms with van der Waals surface area (Å²) in [4.78, 5) is 13.6. The summed E-state index contributed by atoms with van der Waals surface area (Å²) in [7, 11) is -3.92. The van der Waals surface area contributed by atoms with Crippen LogP contribution in [0.1, 0.15) is 0 Å². The largest absolute Gasteiger partial charge is 0.325 e. The number of carbonyl (C=O) groups is 1. The molecular formula is C18H18ClF2N3O3S. The average molecular weight is 430 g/mol. The fourth-order valence-electron chi connectivity index (χ4n) is 2.90. The van der Waals surface area contributed by atoms with E-state index in [1.54, 1.807) is 4.90 Å². The van der Waals surface area contributed by atoms with Crippen LogP contribution in [0.3, 0.4) is 0 Å². The molecule has 0 unspecified atom stereocenters. The molecule has 10 heteroatoms.